The maximum atomic E-state index is 3.66. The number of benzene rings is 1. The third-order valence-corrected chi connectivity index (χ3v) is 4.73. The van der Waals surface area contributed by atoms with Gasteiger partial charge in [-0.15, -0.1) is 0 Å². The lowest BCUT2D eigenvalue weighted by Gasteiger charge is -2.12. The lowest BCUT2D eigenvalue weighted by molar-refractivity contribution is 0.470. The molecule has 1 fully saturated rings. The summed E-state index contributed by atoms with van der Waals surface area (Å²) in [6.07, 6.45) is 8.24. The first-order valence-electron chi connectivity index (χ1n) is 7.62. The molecule has 1 nitrogen and oxygen atoms in total. The molecule has 1 saturated carbocycles. The fourth-order valence-electron chi connectivity index (χ4n) is 3.67. The van der Waals surface area contributed by atoms with Gasteiger partial charge in [0.1, 0.15) is 0 Å². The zero-order valence-corrected chi connectivity index (χ0v) is 11.5. The molecule has 0 aromatic heterocycles. The lowest BCUT2D eigenvalue weighted by Crippen LogP contribution is -2.21. The molecule has 0 aliphatic heterocycles. The third kappa shape index (κ3) is 2.77. The summed E-state index contributed by atoms with van der Waals surface area (Å²) in [7, 11) is 0. The fourth-order valence-corrected chi connectivity index (χ4v) is 3.67. The highest BCUT2D eigenvalue weighted by molar-refractivity contribution is 5.35. The highest BCUT2D eigenvalue weighted by atomic mass is 14.9. The SMILES string of the molecule is CC1CCC(CNCc2ccc3c(c2)CCC3)C1. The normalized spacial score (nSPS) is 26.5. The van der Waals surface area contributed by atoms with E-state index in [0.29, 0.717) is 0 Å². The Morgan fingerprint density at radius 3 is 2.89 bits per heavy atom. The highest BCUT2D eigenvalue weighted by Gasteiger charge is 2.20. The summed E-state index contributed by atoms with van der Waals surface area (Å²) in [4.78, 5) is 0. The second-order valence-corrected chi connectivity index (χ2v) is 6.37. The predicted octanol–water partition coefficient (Wildman–Crippen LogP) is 3.70. The van der Waals surface area contributed by atoms with Crippen LogP contribution in [0.2, 0.25) is 0 Å². The molecular formula is C17H25N. The summed E-state index contributed by atoms with van der Waals surface area (Å²) in [5.74, 6) is 1.88. The van der Waals surface area contributed by atoms with E-state index in [4.69, 9.17) is 0 Å². The Kier molecular flexibility index (Phi) is 3.69. The van der Waals surface area contributed by atoms with E-state index in [1.807, 2.05) is 0 Å². The molecule has 1 aromatic rings. The Balaban J connectivity index is 1.48. The Labute approximate surface area is 111 Å². The third-order valence-electron chi connectivity index (χ3n) is 4.73. The van der Waals surface area contributed by atoms with Crippen molar-refractivity contribution in [3.05, 3.63) is 34.9 Å². The van der Waals surface area contributed by atoms with Gasteiger partial charge >= 0.3 is 0 Å². The molecule has 98 valence electrons. The summed E-state index contributed by atoms with van der Waals surface area (Å²) in [6.45, 7) is 4.65. The first-order chi connectivity index (χ1) is 8.81. The van der Waals surface area contributed by atoms with E-state index in [2.05, 4.69) is 30.4 Å². The van der Waals surface area contributed by atoms with Crippen molar-refractivity contribution < 1.29 is 0 Å². The van der Waals surface area contributed by atoms with E-state index in [0.717, 1.165) is 18.4 Å². The van der Waals surface area contributed by atoms with Crippen molar-refractivity contribution in [2.75, 3.05) is 6.54 Å². The van der Waals surface area contributed by atoms with Crippen molar-refractivity contribution in [2.24, 2.45) is 11.8 Å². The first kappa shape index (κ1) is 12.2. The van der Waals surface area contributed by atoms with Crippen LogP contribution in [-0.4, -0.2) is 6.54 Å². The fraction of sp³-hybridized carbons (Fsp3) is 0.647. The van der Waals surface area contributed by atoms with Gasteiger partial charge in [0, 0.05) is 6.54 Å². The summed E-state index contributed by atoms with van der Waals surface area (Å²) in [6, 6.07) is 7.08. The number of aryl methyl sites for hydroxylation is 2. The lowest BCUT2D eigenvalue weighted by atomic mass is 10.0. The van der Waals surface area contributed by atoms with Crippen molar-refractivity contribution in [2.45, 2.75) is 52.0 Å². The largest absolute Gasteiger partial charge is 0.312 e. The maximum Gasteiger partial charge on any atom is 0.0205 e. The Morgan fingerprint density at radius 1 is 1.17 bits per heavy atom. The molecule has 2 atom stereocenters. The second-order valence-electron chi connectivity index (χ2n) is 6.37. The van der Waals surface area contributed by atoms with Gasteiger partial charge in [0.05, 0.1) is 0 Å². The Bertz CT molecular complexity index is 410. The van der Waals surface area contributed by atoms with Crippen LogP contribution >= 0.6 is 0 Å². The molecule has 0 radical (unpaired) electrons. The minimum atomic E-state index is 0.925. The van der Waals surface area contributed by atoms with Crippen molar-refractivity contribution in [1.29, 1.82) is 0 Å². The van der Waals surface area contributed by atoms with Crippen LogP contribution in [0.15, 0.2) is 18.2 Å². The predicted molar refractivity (Wildman–Crippen MR) is 76.7 cm³/mol. The molecule has 0 amide bonds. The maximum absolute atomic E-state index is 3.66. The highest BCUT2D eigenvalue weighted by Crippen LogP contribution is 2.29. The quantitative estimate of drug-likeness (QED) is 0.850. The zero-order chi connectivity index (χ0) is 12.4. The molecule has 2 aliphatic carbocycles. The topological polar surface area (TPSA) is 12.0 Å². The summed E-state index contributed by atoms with van der Waals surface area (Å²) >= 11 is 0. The Morgan fingerprint density at radius 2 is 2.06 bits per heavy atom. The molecule has 18 heavy (non-hydrogen) atoms. The van der Waals surface area contributed by atoms with Crippen LogP contribution in [0, 0.1) is 11.8 Å². The summed E-state index contributed by atoms with van der Waals surface area (Å²) < 4.78 is 0. The standard InChI is InChI=1S/C17H25N/c1-13-5-6-14(9-13)11-18-12-15-7-8-16-3-2-4-17(16)10-15/h7-8,10,13-14,18H,2-6,9,11-12H2,1H3. The molecule has 0 spiro atoms. The van der Waals surface area contributed by atoms with Crippen LogP contribution in [0.4, 0.5) is 0 Å². The van der Waals surface area contributed by atoms with Gasteiger partial charge in [-0.05, 0) is 67.2 Å². The monoisotopic (exact) mass is 243 g/mol. The number of fused-ring (bicyclic) bond motifs is 1. The van der Waals surface area contributed by atoms with Gasteiger partial charge in [-0.25, -0.2) is 0 Å². The van der Waals surface area contributed by atoms with E-state index in [9.17, 15) is 0 Å². The van der Waals surface area contributed by atoms with Gasteiger partial charge in [-0.2, -0.15) is 0 Å². The first-order valence-corrected chi connectivity index (χ1v) is 7.62. The van der Waals surface area contributed by atoms with Crippen LogP contribution in [0.1, 0.15) is 49.3 Å². The molecule has 1 N–H and O–H groups in total. The Hall–Kier alpha value is -0.820. The van der Waals surface area contributed by atoms with E-state index < -0.39 is 0 Å². The van der Waals surface area contributed by atoms with E-state index >= 15 is 0 Å². The molecule has 0 saturated heterocycles. The average molecular weight is 243 g/mol. The number of rotatable bonds is 4. The van der Waals surface area contributed by atoms with Crippen LogP contribution < -0.4 is 5.32 Å². The van der Waals surface area contributed by atoms with Crippen LogP contribution in [0.3, 0.4) is 0 Å². The van der Waals surface area contributed by atoms with Gasteiger partial charge in [-0.1, -0.05) is 31.5 Å². The molecule has 2 unspecified atom stereocenters. The molecule has 1 aromatic carbocycles. The number of nitrogens with one attached hydrogen (secondary N) is 1. The molecule has 3 rings (SSSR count). The second kappa shape index (κ2) is 5.44. The van der Waals surface area contributed by atoms with E-state index in [1.165, 1.54) is 50.6 Å². The van der Waals surface area contributed by atoms with E-state index in [1.54, 1.807) is 11.1 Å². The van der Waals surface area contributed by atoms with E-state index in [-0.39, 0.29) is 0 Å². The van der Waals surface area contributed by atoms with Crippen LogP contribution in [0.25, 0.3) is 0 Å². The molecule has 1 heteroatoms. The van der Waals surface area contributed by atoms with Gasteiger partial charge in [0.25, 0.3) is 0 Å². The smallest absolute Gasteiger partial charge is 0.0205 e. The molecular weight excluding hydrogens is 218 g/mol. The molecule has 0 bridgehead atoms. The minimum Gasteiger partial charge on any atom is -0.312 e. The van der Waals surface area contributed by atoms with Crippen molar-refractivity contribution in [3.8, 4) is 0 Å². The zero-order valence-electron chi connectivity index (χ0n) is 11.5. The molecule has 2 aliphatic rings. The number of hydrogen-bond acceptors (Lipinski definition) is 1. The summed E-state index contributed by atoms with van der Waals surface area (Å²) in [5, 5.41) is 3.66. The van der Waals surface area contributed by atoms with Crippen molar-refractivity contribution in [1.82, 2.24) is 5.32 Å². The van der Waals surface area contributed by atoms with Crippen molar-refractivity contribution >= 4 is 0 Å². The minimum absolute atomic E-state index is 0.925. The summed E-state index contributed by atoms with van der Waals surface area (Å²) in [5.41, 5.74) is 4.66. The van der Waals surface area contributed by atoms with Crippen molar-refractivity contribution in [3.63, 3.8) is 0 Å². The van der Waals surface area contributed by atoms with Gasteiger partial charge in [-0.3, -0.25) is 0 Å². The van der Waals surface area contributed by atoms with Gasteiger partial charge < -0.3 is 5.32 Å². The van der Waals surface area contributed by atoms with Crippen LogP contribution in [-0.2, 0) is 19.4 Å². The van der Waals surface area contributed by atoms with Crippen LogP contribution in [0.5, 0.6) is 0 Å². The van der Waals surface area contributed by atoms with Gasteiger partial charge in [0.2, 0.25) is 0 Å². The number of hydrogen-bond donors (Lipinski definition) is 1. The molecule has 0 heterocycles. The van der Waals surface area contributed by atoms with Gasteiger partial charge in [0.15, 0.2) is 0 Å². The average Bonchev–Trinajstić information content (AvgIpc) is 2.97.